The number of aliphatic hydroxyl groups excluding tert-OH is 1. The van der Waals surface area contributed by atoms with Crippen LogP contribution in [0.2, 0.25) is 0 Å². The molecular weight excluding hydrogens is 272 g/mol. The number of ether oxygens (including phenoxy) is 1. The van der Waals surface area contributed by atoms with Gasteiger partial charge in [0.25, 0.3) is 0 Å². The standard InChI is InChI=1S/C20H34O2/c1-4-5-6-7-8-9-10-11-12-17(2)13-14-18-15-19(22-3)16-20(18)21/h10-14,18-21H,4-9,15-16H2,1-3H3/b11-10+,14-13+,17-12+/t18-,19-,20-/m0/s1. The topological polar surface area (TPSA) is 29.5 Å². The molecule has 22 heavy (non-hydrogen) atoms. The van der Waals surface area contributed by atoms with Gasteiger partial charge in [0, 0.05) is 19.4 Å². The lowest BCUT2D eigenvalue weighted by Gasteiger charge is -2.07. The minimum Gasteiger partial charge on any atom is -0.392 e. The van der Waals surface area contributed by atoms with Gasteiger partial charge in [0.05, 0.1) is 12.2 Å². The molecule has 2 heteroatoms. The third-order valence-corrected chi connectivity index (χ3v) is 4.44. The van der Waals surface area contributed by atoms with E-state index in [9.17, 15) is 5.11 Å². The maximum atomic E-state index is 9.97. The predicted molar refractivity (Wildman–Crippen MR) is 94.9 cm³/mol. The molecule has 0 aliphatic heterocycles. The van der Waals surface area contributed by atoms with E-state index in [4.69, 9.17) is 4.74 Å². The molecule has 1 saturated carbocycles. The van der Waals surface area contributed by atoms with Gasteiger partial charge in [-0.25, -0.2) is 0 Å². The first-order valence-electron chi connectivity index (χ1n) is 8.89. The van der Waals surface area contributed by atoms with Crippen molar-refractivity contribution < 1.29 is 9.84 Å². The van der Waals surface area contributed by atoms with Crippen LogP contribution in [-0.2, 0) is 4.74 Å². The van der Waals surface area contributed by atoms with Crippen molar-refractivity contribution >= 4 is 0 Å². The van der Waals surface area contributed by atoms with E-state index in [2.05, 4.69) is 44.2 Å². The van der Waals surface area contributed by atoms with Crippen LogP contribution in [0.3, 0.4) is 0 Å². The lowest BCUT2D eigenvalue weighted by Crippen LogP contribution is -2.10. The van der Waals surface area contributed by atoms with E-state index >= 15 is 0 Å². The second-order valence-corrected chi connectivity index (χ2v) is 6.46. The average molecular weight is 306 g/mol. The fraction of sp³-hybridized carbons (Fsp3) is 0.700. The zero-order valence-corrected chi connectivity index (χ0v) is 14.6. The van der Waals surface area contributed by atoms with Gasteiger partial charge in [-0.1, -0.05) is 68.6 Å². The highest BCUT2D eigenvalue weighted by Crippen LogP contribution is 2.29. The molecule has 0 bridgehead atoms. The Morgan fingerprint density at radius 2 is 1.95 bits per heavy atom. The quantitative estimate of drug-likeness (QED) is 0.444. The lowest BCUT2D eigenvalue weighted by atomic mass is 10.0. The van der Waals surface area contributed by atoms with Crippen molar-refractivity contribution in [1.82, 2.24) is 0 Å². The summed E-state index contributed by atoms with van der Waals surface area (Å²) < 4.78 is 5.33. The third-order valence-electron chi connectivity index (χ3n) is 4.44. The number of hydrogen-bond donors (Lipinski definition) is 1. The normalized spacial score (nSPS) is 26.5. The maximum absolute atomic E-state index is 9.97. The summed E-state index contributed by atoms with van der Waals surface area (Å²) in [5.41, 5.74) is 1.23. The van der Waals surface area contributed by atoms with E-state index in [1.165, 1.54) is 44.1 Å². The lowest BCUT2D eigenvalue weighted by molar-refractivity contribution is 0.0892. The van der Waals surface area contributed by atoms with Gasteiger partial charge in [-0.05, 0) is 26.2 Å². The van der Waals surface area contributed by atoms with E-state index < -0.39 is 0 Å². The van der Waals surface area contributed by atoms with Crippen LogP contribution >= 0.6 is 0 Å². The van der Waals surface area contributed by atoms with Crippen molar-refractivity contribution in [2.75, 3.05) is 7.11 Å². The molecule has 2 nitrogen and oxygen atoms in total. The minimum atomic E-state index is -0.257. The Hall–Kier alpha value is -0.860. The van der Waals surface area contributed by atoms with E-state index in [-0.39, 0.29) is 18.1 Å². The Morgan fingerprint density at radius 3 is 2.64 bits per heavy atom. The first-order chi connectivity index (χ1) is 10.7. The largest absolute Gasteiger partial charge is 0.392 e. The Morgan fingerprint density at radius 1 is 1.18 bits per heavy atom. The number of rotatable bonds is 10. The van der Waals surface area contributed by atoms with Crippen molar-refractivity contribution in [1.29, 1.82) is 0 Å². The Kier molecular flexibility index (Phi) is 10.2. The summed E-state index contributed by atoms with van der Waals surface area (Å²) in [6.07, 6.45) is 20.3. The van der Waals surface area contributed by atoms with Gasteiger partial charge >= 0.3 is 0 Å². The number of aliphatic hydroxyl groups is 1. The molecule has 0 heterocycles. The summed E-state index contributed by atoms with van der Waals surface area (Å²) in [6, 6.07) is 0. The molecule has 0 amide bonds. The predicted octanol–water partition coefficient (Wildman–Crippen LogP) is 5.19. The monoisotopic (exact) mass is 306 g/mol. The van der Waals surface area contributed by atoms with Crippen molar-refractivity contribution in [2.24, 2.45) is 5.92 Å². The van der Waals surface area contributed by atoms with Gasteiger partial charge in [-0.2, -0.15) is 0 Å². The number of methoxy groups -OCH3 is 1. The second-order valence-electron chi connectivity index (χ2n) is 6.46. The molecule has 1 aliphatic carbocycles. The van der Waals surface area contributed by atoms with Gasteiger partial charge in [0.2, 0.25) is 0 Å². The minimum absolute atomic E-state index is 0.210. The van der Waals surface area contributed by atoms with Gasteiger partial charge in [0.15, 0.2) is 0 Å². The van der Waals surface area contributed by atoms with Crippen molar-refractivity contribution in [3.63, 3.8) is 0 Å². The molecule has 3 atom stereocenters. The van der Waals surface area contributed by atoms with Crippen LogP contribution in [0.1, 0.15) is 65.2 Å². The van der Waals surface area contributed by atoms with Gasteiger partial charge < -0.3 is 9.84 Å². The van der Waals surface area contributed by atoms with E-state index in [0.717, 1.165) is 12.8 Å². The summed E-state index contributed by atoms with van der Waals surface area (Å²) in [5, 5.41) is 9.97. The van der Waals surface area contributed by atoms with Crippen LogP contribution in [0.25, 0.3) is 0 Å². The third kappa shape index (κ3) is 7.95. The number of allylic oxidation sites excluding steroid dienone is 5. The van der Waals surface area contributed by atoms with Crippen LogP contribution in [0.5, 0.6) is 0 Å². The Labute approximate surface area is 137 Å². The highest BCUT2D eigenvalue weighted by atomic mass is 16.5. The molecular formula is C20H34O2. The SMILES string of the molecule is CCCCCCC/C=C/C=C(C)/C=C/[C@H]1C[C@H](OC)C[C@@H]1O. The van der Waals surface area contributed by atoms with Gasteiger partial charge in [-0.15, -0.1) is 0 Å². The molecule has 1 fully saturated rings. The van der Waals surface area contributed by atoms with Gasteiger partial charge in [0.1, 0.15) is 0 Å². The molecule has 1 aliphatic rings. The number of unbranched alkanes of at least 4 members (excludes halogenated alkanes) is 5. The summed E-state index contributed by atoms with van der Waals surface area (Å²) in [4.78, 5) is 0. The first-order valence-corrected chi connectivity index (χ1v) is 8.89. The summed E-state index contributed by atoms with van der Waals surface area (Å²) in [6.45, 7) is 4.36. The Bertz CT molecular complexity index is 368. The van der Waals surface area contributed by atoms with Gasteiger partial charge in [-0.3, -0.25) is 0 Å². The molecule has 0 aromatic heterocycles. The van der Waals surface area contributed by atoms with Crippen LogP contribution in [-0.4, -0.2) is 24.4 Å². The molecule has 1 N–H and O–H groups in total. The van der Waals surface area contributed by atoms with E-state index in [1.54, 1.807) is 7.11 Å². The van der Waals surface area contributed by atoms with Crippen molar-refractivity contribution in [3.05, 3.63) is 36.0 Å². The van der Waals surface area contributed by atoms with Crippen molar-refractivity contribution in [2.45, 2.75) is 77.4 Å². The van der Waals surface area contributed by atoms with Crippen LogP contribution in [0.4, 0.5) is 0 Å². The maximum Gasteiger partial charge on any atom is 0.0628 e. The molecule has 0 unspecified atom stereocenters. The average Bonchev–Trinajstić information content (AvgIpc) is 2.88. The molecule has 0 aromatic rings. The van der Waals surface area contributed by atoms with Crippen LogP contribution < -0.4 is 0 Å². The van der Waals surface area contributed by atoms with E-state index in [0.29, 0.717) is 0 Å². The molecule has 1 rings (SSSR count). The number of hydrogen-bond acceptors (Lipinski definition) is 2. The summed E-state index contributed by atoms with van der Waals surface area (Å²) in [5.74, 6) is 0.232. The highest BCUT2D eigenvalue weighted by Gasteiger charge is 2.30. The van der Waals surface area contributed by atoms with E-state index in [1.807, 2.05) is 0 Å². The van der Waals surface area contributed by atoms with Crippen LogP contribution in [0.15, 0.2) is 36.0 Å². The zero-order chi connectivity index (χ0) is 16.2. The second kappa shape index (κ2) is 11.7. The fourth-order valence-electron chi connectivity index (χ4n) is 2.91. The van der Waals surface area contributed by atoms with Crippen LogP contribution in [0, 0.1) is 5.92 Å². The Balaban J connectivity index is 2.23. The fourth-order valence-corrected chi connectivity index (χ4v) is 2.91. The molecule has 0 aromatic carbocycles. The zero-order valence-electron chi connectivity index (χ0n) is 14.6. The summed E-state index contributed by atoms with van der Waals surface area (Å²) in [7, 11) is 1.72. The molecule has 0 spiro atoms. The van der Waals surface area contributed by atoms with Crippen molar-refractivity contribution in [3.8, 4) is 0 Å². The highest BCUT2D eigenvalue weighted by molar-refractivity contribution is 5.22. The molecule has 0 saturated heterocycles. The first kappa shape index (κ1) is 19.2. The molecule has 126 valence electrons. The molecule has 0 radical (unpaired) electrons. The smallest absolute Gasteiger partial charge is 0.0628 e. The summed E-state index contributed by atoms with van der Waals surface area (Å²) >= 11 is 0.